The van der Waals surface area contributed by atoms with Gasteiger partial charge in [0.25, 0.3) is 5.91 Å². The van der Waals surface area contributed by atoms with Crippen LogP contribution in [0.4, 0.5) is 0 Å². The molecular weight excluding hydrogens is 184 g/mol. The summed E-state index contributed by atoms with van der Waals surface area (Å²) in [4.78, 5) is 12.4. The fraction of sp³-hybridized carbons (Fsp3) is 0.444. The first-order valence-corrected chi connectivity index (χ1v) is 5.31. The fourth-order valence-corrected chi connectivity index (χ4v) is 1.59. The van der Waals surface area contributed by atoms with Crippen molar-refractivity contribution >= 4 is 17.2 Å². The van der Waals surface area contributed by atoms with Gasteiger partial charge >= 0.3 is 0 Å². The Labute approximate surface area is 82.2 Å². The number of hydrogen-bond donors (Lipinski definition) is 2. The van der Waals surface area contributed by atoms with E-state index in [1.54, 1.807) is 11.3 Å². The molecule has 0 saturated carbocycles. The predicted molar refractivity (Wildman–Crippen MR) is 53.5 cm³/mol. The number of quaternary nitrogens is 1. The van der Waals surface area contributed by atoms with Gasteiger partial charge in [0.2, 0.25) is 0 Å². The van der Waals surface area contributed by atoms with E-state index >= 15 is 0 Å². The van der Waals surface area contributed by atoms with Gasteiger partial charge in [-0.05, 0) is 18.4 Å². The Bertz CT molecular complexity index is 246. The van der Waals surface area contributed by atoms with Crippen molar-refractivity contribution in [2.24, 2.45) is 0 Å². The second-order valence-electron chi connectivity index (χ2n) is 2.76. The van der Waals surface area contributed by atoms with Gasteiger partial charge in [-0.15, -0.1) is 11.3 Å². The molecule has 1 aromatic heterocycles. The smallest absolute Gasteiger partial charge is 0.275 e. The predicted octanol–water partition coefficient (Wildman–Crippen LogP) is -0.0524. The molecule has 1 aromatic rings. The van der Waals surface area contributed by atoms with Gasteiger partial charge in [-0.3, -0.25) is 4.79 Å². The number of rotatable bonds is 5. The number of thiophene rings is 1. The largest absolute Gasteiger partial charge is 0.346 e. The number of likely N-dealkylation sites (N-methyl/N-ethyl adjacent to an activating group) is 1. The van der Waals surface area contributed by atoms with Crippen LogP contribution in [0.5, 0.6) is 0 Å². The highest BCUT2D eigenvalue weighted by Gasteiger charge is 2.01. The van der Waals surface area contributed by atoms with Crippen LogP contribution in [0.3, 0.4) is 0 Å². The lowest BCUT2D eigenvalue weighted by molar-refractivity contribution is -0.640. The molecule has 0 radical (unpaired) electrons. The van der Waals surface area contributed by atoms with Crippen LogP contribution in [-0.2, 0) is 11.3 Å². The van der Waals surface area contributed by atoms with E-state index in [2.05, 4.69) is 5.32 Å². The van der Waals surface area contributed by atoms with Crippen LogP contribution in [0.1, 0.15) is 11.8 Å². The van der Waals surface area contributed by atoms with Gasteiger partial charge in [0.05, 0.1) is 13.1 Å². The molecule has 0 bridgehead atoms. The molecule has 0 unspecified atom stereocenters. The van der Waals surface area contributed by atoms with E-state index in [9.17, 15) is 4.79 Å². The summed E-state index contributed by atoms with van der Waals surface area (Å²) in [5, 5.41) is 6.85. The number of amides is 1. The van der Waals surface area contributed by atoms with Crippen molar-refractivity contribution < 1.29 is 10.1 Å². The second kappa shape index (κ2) is 5.72. The first-order valence-electron chi connectivity index (χ1n) is 4.43. The number of carbonyl (C=O) groups is 1. The van der Waals surface area contributed by atoms with E-state index in [4.69, 9.17) is 0 Å². The summed E-state index contributed by atoms with van der Waals surface area (Å²) in [5.41, 5.74) is 0. The summed E-state index contributed by atoms with van der Waals surface area (Å²) >= 11 is 1.66. The highest BCUT2D eigenvalue weighted by molar-refractivity contribution is 7.09. The van der Waals surface area contributed by atoms with Crippen molar-refractivity contribution in [2.75, 3.05) is 13.1 Å². The van der Waals surface area contributed by atoms with E-state index in [1.807, 2.05) is 29.8 Å². The van der Waals surface area contributed by atoms with E-state index in [0.717, 1.165) is 6.54 Å². The molecule has 0 aliphatic carbocycles. The first kappa shape index (κ1) is 10.2. The van der Waals surface area contributed by atoms with Crippen molar-refractivity contribution in [3.63, 3.8) is 0 Å². The summed E-state index contributed by atoms with van der Waals surface area (Å²) in [7, 11) is 0. The van der Waals surface area contributed by atoms with Crippen molar-refractivity contribution in [3.05, 3.63) is 22.4 Å². The summed E-state index contributed by atoms with van der Waals surface area (Å²) in [6.45, 7) is 4.18. The first-order chi connectivity index (χ1) is 6.33. The zero-order valence-corrected chi connectivity index (χ0v) is 8.56. The molecule has 1 amide bonds. The lowest BCUT2D eigenvalue weighted by Crippen LogP contribution is -2.86. The Morgan fingerprint density at radius 3 is 3.15 bits per heavy atom. The maximum Gasteiger partial charge on any atom is 0.275 e. The van der Waals surface area contributed by atoms with Crippen molar-refractivity contribution in [1.82, 2.24) is 5.32 Å². The average Bonchev–Trinajstić information content (AvgIpc) is 2.64. The monoisotopic (exact) mass is 199 g/mol. The third kappa shape index (κ3) is 4.05. The van der Waals surface area contributed by atoms with Crippen LogP contribution in [0.25, 0.3) is 0 Å². The molecule has 0 saturated heterocycles. The molecule has 1 rings (SSSR count). The van der Waals surface area contributed by atoms with Gasteiger partial charge in [0, 0.05) is 4.88 Å². The Balaban J connectivity index is 2.15. The summed E-state index contributed by atoms with van der Waals surface area (Å²) in [6, 6.07) is 4.01. The minimum atomic E-state index is 0.107. The molecule has 0 aliphatic heterocycles. The Hall–Kier alpha value is -0.870. The van der Waals surface area contributed by atoms with Gasteiger partial charge in [-0.1, -0.05) is 6.07 Å². The van der Waals surface area contributed by atoms with Gasteiger partial charge in [-0.2, -0.15) is 0 Å². The minimum absolute atomic E-state index is 0.107. The maximum atomic E-state index is 11.2. The molecular formula is C9H15N2OS+. The topological polar surface area (TPSA) is 45.7 Å². The highest BCUT2D eigenvalue weighted by atomic mass is 32.1. The summed E-state index contributed by atoms with van der Waals surface area (Å²) < 4.78 is 0. The number of nitrogens with one attached hydrogen (secondary N) is 1. The third-order valence-corrected chi connectivity index (χ3v) is 2.53. The van der Waals surface area contributed by atoms with Crippen LogP contribution >= 0.6 is 11.3 Å². The zero-order valence-electron chi connectivity index (χ0n) is 7.75. The molecule has 4 heteroatoms. The Morgan fingerprint density at radius 1 is 1.69 bits per heavy atom. The Morgan fingerprint density at radius 2 is 2.54 bits per heavy atom. The van der Waals surface area contributed by atoms with Crippen LogP contribution in [-0.4, -0.2) is 19.0 Å². The molecule has 13 heavy (non-hydrogen) atoms. The molecule has 0 spiro atoms. The van der Waals surface area contributed by atoms with Crippen molar-refractivity contribution in [2.45, 2.75) is 13.5 Å². The molecule has 0 aromatic carbocycles. The third-order valence-electron chi connectivity index (χ3n) is 1.66. The van der Waals surface area contributed by atoms with Gasteiger partial charge in [-0.25, -0.2) is 0 Å². The highest BCUT2D eigenvalue weighted by Crippen LogP contribution is 2.06. The molecule has 3 N–H and O–H groups in total. The van der Waals surface area contributed by atoms with Crippen LogP contribution in [0.15, 0.2) is 17.5 Å². The minimum Gasteiger partial charge on any atom is -0.346 e. The van der Waals surface area contributed by atoms with Gasteiger partial charge in [0.1, 0.15) is 0 Å². The Kier molecular flexibility index (Phi) is 4.49. The lowest BCUT2D eigenvalue weighted by atomic mass is 10.4. The second-order valence-corrected chi connectivity index (χ2v) is 3.79. The number of carbonyl (C=O) groups excluding carboxylic acids is 1. The molecule has 72 valence electrons. The average molecular weight is 199 g/mol. The van der Waals surface area contributed by atoms with E-state index in [-0.39, 0.29) is 5.91 Å². The number of hydrogen-bond acceptors (Lipinski definition) is 2. The zero-order chi connectivity index (χ0) is 9.52. The summed E-state index contributed by atoms with van der Waals surface area (Å²) in [6.07, 6.45) is 0. The molecule has 3 nitrogen and oxygen atoms in total. The lowest BCUT2D eigenvalue weighted by Gasteiger charge is -2.01. The van der Waals surface area contributed by atoms with Crippen molar-refractivity contribution in [1.29, 1.82) is 0 Å². The van der Waals surface area contributed by atoms with E-state index in [0.29, 0.717) is 13.1 Å². The molecule has 0 aliphatic rings. The van der Waals surface area contributed by atoms with E-state index in [1.165, 1.54) is 4.88 Å². The van der Waals surface area contributed by atoms with Crippen molar-refractivity contribution in [3.8, 4) is 0 Å². The molecule has 0 atom stereocenters. The van der Waals surface area contributed by atoms with Crippen LogP contribution in [0.2, 0.25) is 0 Å². The summed E-state index contributed by atoms with van der Waals surface area (Å²) in [5.74, 6) is 0.107. The van der Waals surface area contributed by atoms with E-state index < -0.39 is 0 Å². The van der Waals surface area contributed by atoms with Gasteiger partial charge < -0.3 is 10.6 Å². The standard InChI is InChI=1S/C9H14N2OS/c1-2-10-7-9(12)11-6-8-4-3-5-13-8/h3-5,10H,2,6-7H2,1H3,(H,11,12)/p+1. The van der Waals surface area contributed by atoms with Crippen LogP contribution < -0.4 is 10.6 Å². The quantitative estimate of drug-likeness (QED) is 0.686. The van der Waals surface area contributed by atoms with Gasteiger partial charge in [0.15, 0.2) is 6.54 Å². The SMILES string of the molecule is CC[NH2+]CC(=O)NCc1cccs1. The molecule has 0 fully saturated rings. The maximum absolute atomic E-state index is 11.2. The van der Waals surface area contributed by atoms with Crippen LogP contribution in [0, 0.1) is 0 Å². The fourth-order valence-electron chi connectivity index (χ4n) is 0.946. The molecule has 1 heterocycles. The number of nitrogens with two attached hydrogens (primary N) is 1. The normalized spacial score (nSPS) is 9.92.